The third kappa shape index (κ3) is 1.59. The number of hydrogen-bond donors (Lipinski definition) is 2. The maximum Gasteiger partial charge on any atom is 0.324 e. The molecule has 2 aliphatic rings. The van der Waals surface area contributed by atoms with E-state index < -0.39 is 6.10 Å². The highest BCUT2D eigenvalue weighted by Crippen LogP contribution is 2.30. The lowest BCUT2D eigenvalue weighted by atomic mass is 9.81. The average molecular weight is 198 g/mol. The Balaban J connectivity index is 1.89. The average Bonchev–Trinajstić information content (AvgIpc) is 2.32. The number of carbonyl (C=O) groups is 2. The molecule has 1 unspecified atom stereocenters. The van der Waals surface area contributed by atoms with Gasteiger partial charge in [-0.05, 0) is 18.8 Å². The van der Waals surface area contributed by atoms with Gasteiger partial charge in [0.1, 0.15) is 0 Å². The van der Waals surface area contributed by atoms with E-state index in [-0.39, 0.29) is 30.9 Å². The highest BCUT2D eigenvalue weighted by atomic mass is 16.3. The van der Waals surface area contributed by atoms with E-state index in [2.05, 4.69) is 5.32 Å². The van der Waals surface area contributed by atoms with Crippen LogP contribution >= 0.6 is 0 Å². The lowest BCUT2D eigenvalue weighted by Gasteiger charge is -2.31. The smallest absolute Gasteiger partial charge is 0.324 e. The van der Waals surface area contributed by atoms with Crippen LogP contribution in [0, 0.1) is 5.92 Å². The molecular formula is C9H14N2O3. The molecule has 5 nitrogen and oxygen atoms in total. The number of hydrogen-bond acceptors (Lipinski definition) is 3. The lowest BCUT2D eigenvalue weighted by Crippen LogP contribution is -2.42. The van der Waals surface area contributed by atoms with Gasteiger partial charge in [-0.2, -0.15) is 0 Å². The molecule has 3 amide bonds. The second-order valence-electron chi connectivity index (χ2n) is 3.92. The molecule has 1 aliphatic heterocycles. The zero-order valence-electron chi connectivity index (χ0n) is 7.90. The van der Waals surface area contributed by atoms with Gasteiger partial charge >= 0.3 is 6.03 Å². The molecule has 0 aromatic heterocycles. The van der Waals surface area contributed by atoms with E-state index in [1.165, 1.54) is 0 Å². The van der Waals surface area contributed by atoms with Crippen LogP contribution in [-0.4, -0.2) is 41.1 Å². The molecule has 1 saturated carbocycles. The van der Waals surface area contributed by atoms with Crippen molar-refractivity contribution < 1.29 is 14.7 Å². The summed E-state index contributed by atoms with van der Waals surface area (Å²) in [5, 5.41) is 12.1. The van der Waals surface area contributed by atoms with Crippen molar-refractivity contribution in [2.75, 3.05) is 13.1 Å². The van der Waals surface area contributed by atoms with Gasteiger partial charge in [-0.25, -0.2) is 4.79 Å². The van der Waals surface area contributed by atoms with E-state index >= 15 is 0 Å². The van der Waals surface area contributed by atoms with Gasteiger partial charge in [0.05, 0.1) is 19.2 Å². The predicted octanol–water partition coefficient (Wildman–Crippen LogP) is -0.301. The fourth-order valence-electron chi connectivity index (χ4n) is 1.80. The molecule has 0 radical (unpaired) electrons. The Kier molecular flexibility index (Phi) is 2.41. The number of urea groups is 1. The van der Waals surface area contributed by atoms with Crippen LogP contribution in [0.5, 0.6) is 0 Å². The number of imide groups is 1. The largest absolute Gasteiger partial charge is 0.391 e. The molecule has 2 N–H and O–H groups in total. The maximum atomic E-state index is 11.2. The van der Waals surface area contributed by atoms with Crippen molar-refractivity contribution in [3.8, 4) is 0 Å². The van der Waals surface area contributed by atoms with Gasteiger partial charge in [-0.15, -0.1) is 0 Å². The molecule has 2 fully saturated rings. The Morgan fingerprint density at radius 3 is 2.64 bits per heavy atom. The standard InChI is InChI=1S/C9H14N2O3/c12-7(6-2-1-3-6)5-11-8(13)4-10-9(11)14/h6-7,12H,1-5H2,(H,10,14). The van der Waals surface area contributed by atoms with E-state index in [0.29, 0.717) is 0 Å². The maximum absolute atomic E-state index is 11.2. The monoisotopic (exact) mass is 198 g/mol. The third-order valence-electron chi connectivity index (χ3n) is 3.00. The van der Waals surface area contributed by atoms with E-state index in [9.17, 15) is 14.7 Å². The molecule has 0 spiro atoms. The highest BCUT2D eigenvalue weighted by molar-refractivity contribution is 6.01. The molecule has 78 valence electrons. The third-order valence-corrected chi connectivity index (χ3v) is 3.00. The summed E-state index contributed by atoms with van der Waals surface area (Å²) >= 11 is 0. The number of amides is 3. The van der Waals surface area contributed by atoms with E-state index in [4.69, 9.17) is 0 Å². The fraction of sp³-hybridized carbons (Fsp3) is 0.778. The fourth-order valence-corrected chi connectivity index (χ4v) is 1.80. The van der Waals surface area contributed by atoms with Gasteiger partial charge < -0.3 is 10.4 Å². The van der Waals surface area contributed by atoms with Gasteiger partial charge in [0.25, 0.3) is 0 Å². The molecule has 2 rings (SSSR count). The van der Waals surface area contributed by atoms with Crippen LogP contribution in [-0.2, 0) is 4.79 Å². The zero-order valence-corrected chi connectivity index (χ0v) is 7.90. The number of carbonyl (C=O) groups excluding carboxylic acids is 2. The van der Waals surface area contributed by atoms with Crippen molar-refractivity contribution in [2.24, 2.45) is 5.92 Å². The molecule has 1 saturated heterocycles. The second kappa shape index (κ2) is 3.57. The molecule has 14 heavy (non-hydrogen) atoms. The first-order valence-corrected chi connectivity index (χ1v) is 4.95. The summed E-state index contributed by atoms with van der Waals surface area (Å²) in [6.45, 7) is 0.214. The van der Waals surface area contributed by atoms with Crippen molar-refractivity contribution in [3.05, 3.63) is 0 Å². The van der Waals surface area contributed by atoms with Gasteiger partial charge in [-0.3, -0.25) is 9.69 Å². The van der Waals surface area contributed by atoms with Gasteiger partial charge in [0.2, 0.25) is 5.91 Å². The van der Waals surface area contributed by atoms with Crippen LogP contribution < -0.4 is 5.32 Å². The molecule has 0 bridgehead atoms. The van der Waals surface area contributed by atoms with Crippen LogP contribution in [0.2, 0.25) is 0 Å². The summed E-state index contributed by atoms with van der Waals surface area (Å²) < 4.78 is 0. The van der Waals surface area contributed by atoms with Crippen molar-refractivity contribution in [1.82, 2.24) is 10.2 Å². The van der Waals surface area contributed by atoms with Crippen LogP contribution in [0.3, 0.4) is 0 Å². The molecule has 5 heteroatoms. The van der Waals surface area contributed by atoms with Gasteiger partial charge in [-0.1, -0.05) is 6.42 Å². The van der Waals surface area contributed by atoms with Crippen LogP contribution in [0.25, 0.3) is 0 Å². The van der Waals surface area contributed by atoms with Crippen LogP contribution in [0.15, 0.2) is 0 Å². The number of aliphatic hydroxyl groups is 1. The normalized spacial score (nSPS) is 24.8. The zero-order chi connectivity index (χ0) is 10.1. The molecular weight excluding hydrogens is 184 g/mol. The number of β-amino-alcohol motifs (C(OH)–C–C–N with tert-alkyl or cyclic N) is 1. The first kappa shape index (κ1) is 9.45. The van der Waals surface area contributed by atoms with Crippen LogP contribution in [0.1, 0.15) is 19.3 Å². The minimum atomic E-state index is -0.545. The van der Waals surface area contributed by atoms with E-state index in [0.717, 1.165) is 24.2 Å². The topological polar surface area (TPSA) is 69.6 Å². The first-order chi connectivity index (χ1) is 6.68. The second-order valence-corrected chi connectivity index (χ2v) is 3.92. The highest BCUT2D eigenvalue weighted by Gasteiger charge is 2.34. The molecule has 1 atom stereocenters. The van der Waals surface area contributed by atoms with E-state index in [1.807, 2.05) is 0 Å². The minimum absolute atomic E-state index is 0.0657. The summed E-state index contributed by atoms with van der Waals surface area (Å²) in [7, 11) is 0. The first-order valence-electron chi connectivity index (χ1n) is 4.95. The summed E-state index contributed by atoms with van der Waals surface area (Å²) in [6, 6.07) is -0.381. The van der Waals surface area contributed by atoms with Gasteiger partial charge in [0.15, 0.2) is 0 Å². The Hall–Kier alpha value is -1.10. The number of nitrogens with one attached hydrogen (secondary N) is 1. The summed E-state index contributed by atoms with van der Waals surface area (Å²) in [4.78, 5) is 23.4. The SMILES string of the molecule is O=C1CNC(=O)N1CC(O)C1CCC1. The van der Waals surface area contributed by atoms with Crippen molar-refractivity contribution in [1.29, 1.82) is 0 Å². The summed E-state index contributed by atoms with van der Waals surface area (Å²) in [6.07, 6.45) is 2.61. The molecule has 0 aromatic carbocycles. The summed E-state index contributed by atoms with van der Waals surface area (Å²) in [5.41, 5.74) is 0. The van der Waals surface area contributed by atoms with E-state index in [1.54, 1.807) is 0 Å². The van der Waals surface area contributed by atoms with Crippen molar-refractivity contribution in [2.45, 2.75) is 25.4 Å². The van der Waals surface area contributed by atoms with Crippen LogP contribution in [0.4, 0.5) is 4.79 Å². The van der Waals surface area contributed by atoms with Crippen molar-refractivity contribution in [3.63, 3.8) is 0 Å². The molecule has 0 aromatic rings. The Morgan fingerprint density at radius 2 is 2.21 bits per heavy atom. The molecule has 1 heterocycles. The summed E-state index contributed by atoms with van der Waals surface area (Å²) in [5.74, 6) is 0.0320. The number of rotatable bonds is 3. The number of aliphatic hydroxyl groups excluding tert-OH is 1. The Bertz CT molecular complexity index is 247. The Morgan fingerprint density at radius 1 is 1.50 bits per heavy atom. The minimum Gasteiger partial charge on any atom is -0.391 e. The van der Waals surface area contributed by atoms with Gasteiger partial charge in [0, 0.05) is 0 Å². The predicted molar refractivity (Wildman–Crippen MR) is 48.5 cm³/mol. The molecule has 1 aliphatic carbocycles. The number of nitrogens with zero attached hydrogens (tertiary/aromatic N) is 1. The van der Waals surface area contributed by atoms with Crippen molar-refractivity contribution >= 4 is 11.9 Å². The lowest BCUT2D eigenvalue weighted by molar-refractivity contribution is -0.126. The Labute approximate surface area is 82.1 Å². The quantitative estimate of drug-likeness (QED) is 0.612.